The number of benzene rings is 2. The summed E-state index contributed by atoms with van der Waals surface area (Å²) in [6.07, 6.45) is 0.124. The van der Waals surface area contributed by atoms with Gasteiger partial charge in [0.2, 0.25) is 11.8 Å². The second-order valence-corrected chi connectivity index (χ2v) is 8.72. The van der Waals surface area contributed by atoms with E-state index in [2.05, 4.69) is 47.1 Å². The molecule has 1 aromatic heterocycles. The Hall–Kier alpha value is -3.42. The lowest BCUT2D eigenvalue weighted by atomic mass is 10.1. The molecule has 0 spiro atoms. The Kier molecular flexibility index (Phi) is 5.07. The highest BCUT2D eigenvalue weighted by molar-refractivity contribution is 6.05. The number of nitrogens with zero attached hydrogens (tertiary/aromatic N) is 4. The number of halogens is 1. The maximum Gasteiger partial charge on any atom is 0.229 e. The second kappa shape index (κ2) is 7.93. The third-order valence-corrected chi connectivity index (χ3v) is 6.53. The maximum atomic E-state index is 14.4. The van der Waals surface area contributed by atoms with Crippen molar-refractivity contribution < 1.29 is 14.0 Å². The molecule has 2 aliphatic rings. The number of hydrogen-bond donors (Lipinski definition) is 1. The molecule has 3 aromatic rings. The summed E-state index contributed by atoms with van der Waals surface area (Å²) in [6.45, 7) is 7.18. The molecule has 7 nitrogen and oxygen atoms in total. The third-order valence-electron chi connectivity index (χ3n) is 6.53. The number of carbonyl (C=O) groups excluding carboxylic acids is 2. The lowest BCUT2D eigenvalue weighted by Gasteiger charge is -2.37. The quantitative estimate of drug-likeness (QED) is 0.687. The summed E-state index contributed by atoms with van der Waals surface area (Å²) in [5, 5.41) is 7.23. The van der Waals surface area contributed by atoms with Crippen molar-refractivity contribution in [3.05, 3.63) is 53.3 Å². The van der Waals surface area contributed by atoms with Gasteiger partial charge in [-0.05, 0) is 37.6 Å². The van der Waals surface area contributed by atoms with E-state index >= 15 is 0 Å². The van der Waals surface area contributed by atoms with Gasteiger partial charge in [0.05, 0.1) is 16.8 Å². The molecule has 0 saturated carbocycles. The highest BCUT2D eigenvalue weighted by Crippen LogP contribution is 2.32. The van der Waals surface area contributed by atoms with E-state index in [-0.39, 0.29) is 36.0 Å². The van der Waals surface area contributed by atoms with Crippen LogP contribution in [0.1, 0.15) is 17.5 Å². The van der Waals surface area contributed by atoms with E-state index in [9.17, 15) is 14.0 Å². The average Bonchev–Trinajstić information content (AvgIpc) is 3.37. The van der Waals surface area contributed by atoms with Gasteiger partial charge in [-0.1, -0.05) is 23.8 Å². The van der Waals surface area contributed by atoms with Crippen molar-refractivity contribution in [3.63, 3.8) is 0 Å². The standard InChI is InChI=1S/C24H26FN5O2/c1-15-6-7-20(16(2)12-15)28-8-10-29(11-9-28)24(32)17-13-21(31)30(14-17)23-22-18(25)4-3-5-19(22)26-27-23/h3-7,12,17H,8-11,13-14H2,1-2H3,(H,26,27). The predicted molar refractivity (Wildman–Crippen MR) is 121 cm³/mol. The van der Waals surface area contributed by atoms with Gasteiger partial charge in [-0.15, -0.1) is 0 Å². The molecule has 1 N–H and O–H groups in total. The van der Waals surface area contributed by atoms with Gasteiger partial charge in [-0.3, -0.25) is 19.6 Å². The number of H-pyrrole nitrogens is 1. The third kappa shape index (κ3) is 3.49. The molecule has 8 heteroatoms. The van der Waals surface area contributed by atoms with Crippen LogP contribution in [0.5, 0.6) is 0 Å². The van der Waals surface area contributed by atoms with Gasteiger partial charge in [-0.2, -0.15) is 5.10 Å². The predicted octanol–water partition coefficient (Wildman–Crippen LogP) is 3.02. The Morgan fingerprint density at radius 1 is 1.12 bits per heavy atom. The van der Waals surface area contributed by atoms with Crippen LogP contribution in [0.2, 0.25) is 0 Å². The maximum absolute atomic E-state index is 14.4. The van der Waals surface area contributed by atoms with E-state index in [4.69, 9.17) is 0 Å². The highest BCUT2D eigenvalue weighted by atomic mass is 19.1. The van der Waals surface area contributed by atoms with Crippen LogP contribution >= 0.6 is 0 Å². The van der Waals surface area contributed by atoms with Crippen molar-refractivity contribution in [2.24, 2.45) is 5.92 Å². The lowest BCUT2D eigenvalue weighted by molar-refractivity contribution is -0.136. The molecule has 0 bridgehead atoms. The zero-order chi connectivity index (χ0) is 22.4. The minimum absolute atomic E-state index is 0.0126. The summed E-state index contributed by atoms with van der Waals surface area (Å²) in [5.74, 6) is -0.821. The van der Waals surface area contributed by atoms with Crippen LogP contribution in [0.4, 0.5) is 15.9 Å². The van der Waals surface area contributed by atoms with Gasteiger partial charge in [0.15, 0.2) is 5.82 Å². The zero-order valence-electron chi connectivity index (χ0n) is 18.3. The molecule has 2 fully saturated rings. The summed E-state index contributed by atoms with van der Waals surface area (Å²) in [5.41, 5.74) is 4.21. The summed E-state index contributed by atoms with van der Waals surface area (Å²) < 4.78 is 14.4. The number of amides is 2. The van der Waals surface area contributed by atoms with Gasteiger partial charge in [0, 0.05) is 44.8 Å². The van der Waals surface area contributed by atoms with Crippen LogP contribution in [-0.2, 0) is 9.59 Å². The summed E-state index contributed by atoms with van der Waals surface area (Å²) in [7, 11) is 0. The van der Waals surface area contributed by atoms with Crippen LogP contribution in [0.25, 0.3) is 10.9 Å². The molecule has 1 unspecified atom stereocenters. The second-order valence-electron chi connectivity index (χ2n) is 8.72. The van der Waals surface area contributed by atoms with Crippen LogP contribution in [-0.4, -0.2) is 59.6 Å². The Bertz CT molecular complexity index is 1200. The number of aryl methyl sites for hydroxylation is 2. The first-order valence-electron chi connectivity index (χ1n) is 11.0. The topological polar surface area (TPSA) is 72.5 Å². The highest BCUT2D eigenvalue weighted by Gasteiger charge is 2.39. The number of aromatic nitrogens is 2. The smallest absolute Gasteiger partial charge is 0.229 e. The number of anilines is 2. The number of rotatable bonds is 3. The molecule has 2 aliphatic heterocycles. The van der Waals surface area contributed by atoms with E-state index in [1.165, 1.54) is 27.8 Å². The van der Waals surface area contributed by atoms with E-state index in [0.717, 1.165) is 13.1 Å². The van der Waals surface area contributed by atoms with Crippen molar-refractivity contribution in [2.45, 2.75) is 20.3 Å². The van der Waals surface area contributed by atoms with Gasteiger partial charge in [-0.25, -0.2) is 4.39 Å². The van der Waals surface area contributed by atoms with Crippen molar-refractivity contribution in [3.8, 4) is 0 Å². The largest absolute Gasteiger partial charge is 0.368 e. The molecule has 32 heavy (non-hydrogen) atoms. The number of aromatic amines is 1. The molecule has 0 aliphatic carbocycles. The number of carbonyl (C=O) groups is 2. The van der Waals surface area contributed by atoms with Crippen molar-refractivity contribution in [1.82, 2.24) is 15.1 Å². The van der Waals surface area contributed by atoms with Crippen LogP contribution in [0.15, 0.2) is 36.4 Å². The fraction of sp³-hybridized carbons (Fsp3) is 0.375. The number of hydrogen-bond acceptors (Lipinski definition) is 4. The Balaban J connectivity index is 1.26. The average molecular weight is 436 g/mol. The molecule has 5 rings (SSSR count). The number of piperazine rings is 1. The SMILES string of the molecule is Cc1ccc(N2CCN(C(=O)C3CC(=O)N(c4n[nH]c5cccc(F)c45)C3)CC2)c(C)c1. The fourth-order valence-electron chi connectivity index (χ4n) is 4.87. The lowest BCUT2D eigenvalue weighted by Crippen LogP contribution is -2.50. The van der Waals surface area contributed by atoms with Gasteiger partial charge in [0.1, 0.15) is 5.82 Å². The molecular formula is C24H26FN5O2. The molecule has 166 valence electrons. The van der Waals surface area contributed by atoms with Crippen molar-refractivity contribution in [1.29, 1.82) is 0 Å². The Morgan fingerprint density at radius 3 is 2.66 bits per heavy atom. The summed E-state index contributed by atoms with van der Waals surface area (Å²) in [6, 6.07) is 11.1. The van der Waals surface area contributed by atoms with E-state index < -0.39 is 11.7 Å². The molecule has 1 atom stereocenters. The van der Waals surface area contributed by atoms with Crippen molar-refractivity contribution >= 4 is 34.2 Å². The minimum atomic E-state index is -0.436. The first-order chi connectivity index (χ1) is 15.4. The van der Waals surface area contributed by atoms with E-state index in [0.29, 0.717) is 18.6 Å². The van der Waals surface area contributed by atoms with Gasteiger partial charge >= 0.3 is 0 Å². The monoisotopic (exact) mass is 435 g/mol. The summed E-state index contributed by atoms with van der Waals surface area (Å²) >= 11 is 0. The van der Waals surface area contributed by atoms with E-state index in [1.807, 2.05) is 4.90 Å². The Morgan fingerprint density at radius 2 is 1.91 bits per heavy atom. The van der Waals surface area contributed by atoms with Gasteiger partial charge in [0.25, 0.3) is 0 Å². The molecule has 2 amide bonds. The number of fused-ring (bicyclic) bond motifs is 1. The van der Waals surface area contributed by atoms with E-state index in [1.54, 1.807) is 12.1 Å². The zero-order valence-corrected chi connectivity index (χ0v) is 18.3. The van der Waals surface area contributed by atoms with Crippen LogP contribution in [0, 0.1) is 25.6 Å². The Labute approximate surface area is 185 Å². The first-order valence-corrected chi connectivity index (χ1v) is 11.0. The summed E-state index contributed by atoms with van der Waals surface area (Å²) in [4.78, 5) is 31.5. The van der Waals surface area contributed by atoms with Crippen molar-refractivity contribution in [2.75, 3.05) is 42.5 Å². The molecule has 3 heterocycles. The molecule has 0 radical (unpaired) electrons. The van der Waals surface area contributed by atoms with Crippen LogP contribution < -0.4 is 9.80 Å². The first kappa shape index (κ1) is 20.5. The fourth-order valence-corrected chi connectivity index (χ4v) is 4.87. The minimum Gasteiger partial charge on any atom is -0.368 e. The molecular weight excluding hydrogens is 409 g/mol. The van der Waals surface area contributed by atoms with Crippen LogP contribution in [0.3, 0.4) is 0 Å². The molecule has 2 saturated heterocycles. The normalized spacial score (nSPS) is 19.3. The van der Waals surface area contributed by atoms with Gasteiger partial charge < -0.3 is 9.80 Å². The molecule has 2 aromatic carbocycles. The number of nitrogens with one attached hydrogen (secondary N) is 1.